The van der Waals surface area contributed by atoms with Crippen LogP contribution in [0.4, 0.5) is 23.3 Å². The summed E-state index contributed by atoms with van der Waals surface area (Å²) in [5, 5.41) is 3.71. The molecule has 30 heavy (non-hydrogen) atoms. The summed E-state index contributed by atoms with van der Waals surface area (Å²) in [4.78, 5) is 17.7. The highest BCUT2D eigenvalue weighted by Crippen LogP contribution is 2.29. The second-order valence-electron chi connectivity index (χ2n) is 7.00. The predicted molar refractivity (Wildman–Crippen MR) is 119 cm³/mol. The first kappa shape index (κ1) is 20.2. The molecular formula is C21H24ClN7O. The van der Waals surface area contributed by atoms with Gasteiger partial charge in [0.2, 0.25) is 11.9 Å². The van der Waals surface area contributed by atoms with E-state index < -0.39 is 0 Å². The molecule has 4 rings (SSSR count). The number of anilines is 4. The Kier molecular flexibility index (Phi) is 6.15. The summed E-state index contributed by atoms with van der Waals surface area (Å²) in [6.45, 7) is 4.36. The van der Waals surface area contributed by atoms with Crippen molar-refractivity contribution in [2.75, 3.05) is 49.2 Å². The number of methoxy groups -OCH3 is 1. The van der Waals surface area contributed by atoms with Crippen molar-refractivity contribution in [2.45, 2.75) is 6.54 Å². The summed E-state index contributed by atoms with van der Waals surface area (Å²) in [7, 11) is 1.59. The molecule has 0 atom stereocenters. The van der Waals surface area contributed by atoms with Crippen LogP contribution in [0.25, 0.3) is 0 Å². The fraction of sp³-hybridized carbons (Fsp3) is 0.286. The predicted octanol–water partition coefficient (Wildman–Crippen LogP) is 3.18. The van der Waals surface area contributed by atoms with Crippen LogP contribution in [-0.2, 0) is 6.54 Å². The van der Waals surface area contributed by atoms with Gasteiger partial charge in [-0.25, -0.2) is 0 Å². The maximum Gasteiger partial charge on any atom is 0.232 e. The van der Waals surface area contributed by atoms with E-state index in [9.17, 15) is 0 Å². The molecule has 3 N–H and O–H groups in total. The highest BCUT2D eigenvalue weighted by molar-refractivity contribution is 6.31. The van der Waals surface area contributed by atoms with Crippen molar-refractivity contribution >= 4 is 34.9 Å². The number of nitrogen functional groups attached to an aromatic ring is 1. The third kappa shape index (κ3) is 4.90. The van der Waals surface area contributed by atoms with Crippen molar-refractivity contribution < 1.29 is 4.74 Å². The Morgan fingerprint density at radius 2 is 1.80 bits per heavy atom. The molecule has 1 fully saturated rings. The molecule has 1 aromatic heterocycles. The fourth-order valence-electron chi connectivity index (χ4n) is 3.47. The molecule has 2 heterocycles. The van der Waals surface area contributed by atoms with Crippen molar-refractivity contribution in [3.8, 4) is 5.75 Å². The lowest BCUT2D eigenvalue weighted by Gasteiger charge is -2.35. The minimum Gasteiger partial charge on any atom is -0.495 e. The monoisotopic (exact) mass is 425 g/mol. The van der Waals surface area contributed by atoms with E-state index in [0.29, 0.717) is 34.8 Å². The van der Waals surface area contributed by atoms with Gasteiger partial charge in [0.1, 0.15) is 11.6 Å². The standard InChI is InChI=1S/C21H24ClN7O/c1-30-18-8-7-15(22)13-17(18)24-21-26-19(25-20(23)27-21)14-28-9-11-29(12-10-28)16-5-3-2-4-6-16/h2-8,13H,9-12,14H2,1H3,(H3,23,24,25,26,27). The Bertz CT molecular complexity index is 994. The van der Waals surface area contributed by atoms with E-state index in [4.69, 9.17) is 22.1 Å². The van der Waals surface area contributed by atoms with Gasteiger partial charge in [0.15, 0.2) is 0 Å². The van der Waals surface area contributed by atoms with Crippen molar-refractivity contribution in [2.24, 2.45) is 0 Å². The summed E-state index contributed by atoms with van der Waals surface area (Å²) in [5.41, 5.74) is 7.85. The number of aromatic nitrogens is 3. The zero-order valence-corrected chi connectivity index (χ0v) is 17.5. The second-order valence-corrected chi connectivity index (χ2v) is 7.44. The van der Waals surface area contributed by atoms with Gasteiger partial charge in [-0.3, -0.25) is 4.90 Å². The van der Waals surface area contributed by atoms with E-state index in [0.717, 1.165) is 26.2 Å². The average molecular weight is 426 g/mol. The average Bonchev–Trinajstić information content (AvgIpc) is 2.75. The van der Waals surface area contributed by atoms with Gasteiger partial charge in [0.05, 0.1) is 19.3 Å². The number of hydrogen-bond donors (Lipinski definition) is 2. The first-order valence-electron chi connectivity index (χ1n) is 9.74. The van der Waals surface area contributed by atoms with Crippen molar-refractivity contribution in [1.29, 1.82) is 0 Å². The number of benzene rings is 2. The number of nitrogens with two attached hydrogens (primary N) is 1. The van der Waals surface area contributed by atoms with Crippen LogP contribution < -0.4 is 20.7 Å². The van der Waals surface area contributed by atoms with E-state index in [-0.39, 0.29) is 5.95 Å². The highest BCUT2D eigenvalue weighted by Gasteiger charge is 2.19. The first-order valence-corrected chi connectivity index (χ1v) is 10.1. The zero-order chi connectivity index (χ0) is 20.9. The highest BCUT2D eigenvalue weighted by atomic mass is 35.5. The zero-order valence-electron chi connectivity index (χ0n) is 16.8. The summed E-state index contributed by atoms with van der Waals surface area (Å²) in [6, 6.07) is 15.8. The minimum atomic E-state index is 0.173. The van der Waals surface area contributed by atoms with Crippen LogP contribution in [0.15, 0.2) is 48.5 Å². The molecule has 3 aromatic rings. The normalized spacial score (nSPS) is 14.5. The largest absolute Gasteiger partial charge is 0.495 e. The smallest absolute Gasteiger partial charge is 0.232 e. The van der Waals surface area contributed by atoms with E-state index in [1.807, 2.05) is 6.07 Å². The number of rotatable bonds is 6. The Hall–Kier alpha value is -3.10. The maximum absolute atomic E-state index is 6.10. The van der Waals surface area contributed by atoms with Gasteiger partial charge >= 0.3 is 0 Å². The van der Waals surface area contributed by atoms with Crippen LogP contribution >= 0.6 is 11.6 Å². The lowest BCUT2D eigenvalue weighted by molar-refractivity contribution is 0.244. The summed E-state index contributed by atoms with van der Waals surface area (Å²) >= 11 is 6.10. The summed E-state index contributed by atoms with van der Waals surface area (Å²) in [5.74, 6) is 1.79. The molecule has 1 aliphatic rings. The second kappa shape index (κ2) is 9.15. The lowest BCUT2D eigenvalue weighted by Crippen LogP contribution is -2.46. The van der Waals surface area contributed by atoms with Gasteiger partial charge in [-0.15, -0.1) is 0 Å². The number of halogens is 1. The Balaban J connectivity index is 1.42. The van der Waals surface area contributed by atoms with Crippen LogP contribution in [0.3, 0.4) is 0 Å². The lowest BCUT2D eigenvalue weighted by atomic mass is 10.2. The number of nitrogens with one attached hydrogen (secondary N) is 1. The number of nitrogens with zero attached hydrogens (tertiary/aromatic N) is 5. The molecule has 8 nitrogen and oxygen atoms in total. The van der Waals surface area contributed by atoms with E-state index in [1.54, 1.807) is 25.3 Å². The maximum atomic E-state index is 6.10. The van der Waals surface area contributed by atoms with Crippen molar-refractivity contribution in [3.63, 3.8) is 0 Å². The molecule has 156 valence electrons. The molecule has 0 spiro atoms. The Morgan fingerprint density at radius 1 is 1.03 bits per heavy atom. The van der Waals surface area contributed by atoms with Crippen LogP contribution in [0.1, 0.15) is 5.82 Å². The molecule has 1 aliphatic heterocycles. The van der Waals surface area contributed by atoms with Crippen molar-refractivity contribution in [3.05, 3.63) is 59.4 Å². The molecule has 2 aromatic carbocycles. The van der Waals surface area contributed by atoms with Gasteiger partial charge in [0, 0.05) is 36.9 Å². The van der Waals surface area contributed by atoms with E-state index in [1.165, 1.54) is 5.69 Å². The number of hydrogen-bond acceptors (Lipinski definition) is 8. The molecule has 9 heteroatoms. The van der Waals surface area contributed by atoms with Gasteiger partial charge < -0.3 is 20.7 Å². The van der Waals surface area contributed by atoms with Gasteiger partial charge in [0.25, 0.3) is 0 Å². The molecule has 0 bridgehead atoms. The van der Waals surface area contributed by atoms with Gasteiger partial charge in [-0.2, -0.15) is 15.0 Å². The summed E-state index contributed by atoms with van der Waals surface area (Å²) < 4.78 is 5.36. The van der Waals surface area contributed by atoms with E-state index >= 15 is 0 Å². The molecule has 0 amide bonds. The number of para-hydroxylation sites is 1. The molecule has 0 radical (unpaired) electrons. The Labute approximate surface area is 180 Å². The molecular weight excluding hydrogens is 402 g/mol. The van der Waals surface area contributed by atoms with Crippen LogP contribution in [0.2, 0.25) is 5.02 Å². The molecule has 0 saturated carbocycles. The Morgan fingerprint density at radius 3 is 2.53 bits per heavy atom. The third-order valence-electron chi connectivity index (χ3n) is 4.97. The van der Waals surface area contributed by atoms with Crippen LogP contribution in [0, 0.1) is 0 Å². The fourth-order valence-corrected chi connectivity index (χ4v) is 3.64. The number of piperazine rings is 1. The van der Waals surface area contributed by atoms with Crippen LogP contribution in [0.5, 0.6) is 5.75 Å². The molecule has 0 aliphatic carbocycles. The van der Waals surface area contributed by atoms with Crippen LogP contribution in [-0.4, -0.2) is 53.1 Å². The minimum absolute atomic E-state index is 0.173. The molecule has 0 unspecified atom stereocenters. The first-order chi connectivity index (χ1) is 14.6. The topological polar surface area (TPSA) is 92.4 Å². The SMILES string of the molecule is COc1ccc(Cl)cc1Nc1nc(N)nc(CN2CCN(c3ccccc3)CC2)n1. The summed E-state index contributed by atoms with van der Waals surface area (Å²) in [6.07, 6.45) is 0. The van der Waals surface area contributed by atoms with Crippen molar-refractivity contribution in [1.82, 2.24) is 19.9 Å². The molecule has 1 saturated heterocycles. The van der Waals surface area contributed by atoms with Gasteiger partial charge in [-0.1, -0.05) is 29.8 Å². The van der Waals surface area contributed by atoms with Gasteiger partial charge in [-0.05, 0) is 30.3 Å². The van der Waals surface area contributed by atoms with E-state index in [2.05, 4.69) is 54.3 Å². The third-order valence-corrected chi connectivity index (χ3v) is 5.20. The number of ether oxygens (including phenoxy) is 1. The quantitative estimate of drug-likeness (QED) is 0.622.